The van der Waals surface area contributed by atoms with Gasteiger partial charge in [-0.05, 0) is 40.3 Å². The summed E-state index contributed by atoms with van der Waals surface area (Å²) in [5.74, 6) is 0. The zero-order chi connectivity index (χ0) is 10.8. The average molecular weight is 311 g/mol. The summed E-state index contributed by atoms with van der Waals surface area (Å²) in [5.41, 5.74) is -0.689. The van der Waals surface area contributed by atoms with Crippen molar-refractivity contribution in [2.75, 3.05) is 0 Å². The van der Waals surface area contributed by atoms with Crippen molar-refractivity contribution < 1.29 is 13.2 Å². The number of benzene rings is 1. The van der Waals surface area contributed by atoms with Gasteiger partial charge in [0.25, 0.3) is 0 Å². The number of hydrogen-bond acceptors (Lipinski definition) is 1. The minimum atomic E-state index is -4.38. The van der Waals surface area contributed by atoms with Gasteiger partial charge in [-0.3, -0.25) is 0 Å². The fraction of sp³-hybridized carbons (Fsp3) is 0.222. The molecule has 0 heterocycles. The largest absolute Gasteiger partial charge is 0.416 e. The second-order valence-electron chi connectivity index (χ2n) is 2.63. The highest BCUT2D eigenvalue weighted by Crippen LogP contribution is 2.33. The topological polar surface area (TPSA) is 23.8 Å². The van der Waals surface area contributed by atoms with Crippen molar-refractivity contribution in [1.29, 1.82) is 5.26 Å². The molecule has 0 atom stereocenters. The Balaban J connectivity index is 3.24. The molecule has 0 amide bonds. The molecule has 1 nitrogen and oxygen atoms in total. The number of nitriles is 1. The van der Waals surface area contributed by atoms with Crippen molar-refractivity contribution in [2.24, 2.45) is 0 Å². The molecule has 0 aliphatic heterocycles. The number of alkyl halides is 3. The zero-order valence-electron chi connectivity index (χ0n) is 6.90. The van der Waals surface area contributed by atoms with Crippen molar-refractivity contribution in [3.63, 3.8) is 0 Å². The van der Waals surface area contributed by atoms with Gasteiger partial charge >= 0.3 is 6.18 Å². The molecule has 5 heteroatoms. The predicted molar refractivity (Wildman–Crippen MR) is 53.5 cm³/mol. The fourth-order valence-electron chi connectivity index (χ4n) is 1.05. The second kappa shape index (κ2) is 4.17. The molecule has 0 aliphatic rings. The molecule has 0 saturated carbocycles. The zero-order valence-corrected chi connectivity index (χ0v) is 9.06. The summed E-state index contributed by atoms with van der Waals surface area (Å²) in [7, 11) is 0. The lowest BCUT2D eigenvalue weighted by atomic mass is 10.1. The van der Waals surface area contributed by atoms with Gasteiger partial charge in [0.15, 0.2) is 0 Å². The first-order valence-electron chi connectivity index (χ1n) is 3.67. The van der Waals surface area contributed by atoms with Crippen molar-refractivity contribution >= 4 is 22.6 Å². The Bertz CT molecular complexity index is 379. The molecule has 0 N–H and O–H groups in total. The van der Waals surface area contributed by atoms with Crippen LogP contribution >= 0.6 is 22.6 Å². The van der Waals surface area contributed by atoms with Crippen LogP contribution in [-0.2, 0) is 12.6 Å². The number of halogens is 4. The lowest BCUT2D eigenvalue weighted by Crippen LogP contribution is -2.09. The highest BCUT2D eigenvalue weighted by atomic mass is 127. The normalized spacial score (nSPS) is 11.1. The summed E-state index contributed by atoms with van der Waals surface area (Å²) in [6.07, 6.45) is -4.60. The van der Waals surface area contributed by atoms with E-state index < -0.39 is 11.7 Å². The standard InChI is InChI=1S/C9H5F3IN/c10-9(11,12)8-5-7(13)2-1-6(8)3-4-14/h1-2,5H,3H2. The Kier molecular flexibility index (Phi) is 3.37. The van der Waals surface area contributed by atoms with Crippen LogP contribution in [0.5, 0.6) is 0 Å². The van der Waals surface area contributed by atoms with Gasteiger partial charge in [-0.1, -0.05) is 6.07 Å². The molecule has 0 saturated heterocycles. The van der Waals surface area contributed by atoms with E-state index in [0.29, 0.717) is 3.57 Å². The van der Waals surface area contributed by atoms with Crippen molar-refractivity contribution in [3.05, 3.63) is 32.9 Å². The van der Waals surface area contributed by atoms with Crippen LogP contribution in [0.1, 0.15) is 11.1 Å². The van der Waals surface area contributed by atoms with E-state index in [9.17, 15) is 13.2 Å². The third-order valence-corrected chi connectivity index (χ3v) is 2.32. The van der Waals surface area contributed by atoms with Crippen molar-refractivity contribution in [2.45, 2.75) is 12.6 Å². The van der Waals surface area contributed by atoms with Crippen LogP contribution in [0.15, 0.2) is 18.2 Å². The van der Waals surface area contributed by atoms with E-state index in [1.54, 1.807) is 12.1 Å². The molecular formula is C9H5F3IN. The molecule has 14 heavy (non-hydrogen) atoms. The number of hydrogen-bond donors (Lipinski definition) is 0. The average Bonchev–Trinajstić information content (AvgIpc) is 2.07. The minimum absolute atomic E-state index is 0.0282. The van der Waals surface area contributed by atoms with Crippen LogP contribution in [-0.4, -0.2) is 0 Å². The molecule has 1 aromatic rings. The van der Waals surface area contributed by atoms with Gasteiger partial charge in [-0.2, -0.15) is 18.4 Å². The predicted octanol–water partition coefficient (Wildman–Crippen LogP) is 3.38. The first kappa shape index (κ1) is 11.3. The Morgan fingerprint density at radius 2 is 2.00 bits per heavy atom. The third-order valence-electron chi connectivity index (χ3n) is 1.65. The van der Waals surface area contributed by atoms with E-state index in [4.69, 9.17) is 5.26 Å². The smallest absolute Gasteiger partial charge is 0.198 e. The maximum atomic E-state index is 12.4. The lowest BCUT2D eigenvalue weighted by Gasteiger charge is -2.10. The maximum absolute atomic E-state index is 12.4. The second-order valence-corrected chi connectivity index (χ2v) is 3.88. The van der Waals surface area contributed by atoms with Crippen molar-refractivity contribution in [3.8, 4) is 6.07 Å². The van der Waals surface area contributed by atoms with E-state index in [-0.39, 0.29) is 12.0 Å². The maximum Gasteiger partial charge on any atom is 0.416 e. The van der Waals surface area contributed by atoms with Crippen molar-refractivity contribution in [1.82, 2.24) is 0 Å². The van der Waals surface area contributed by atoms with Gasteiger partial charge < -0.3 is 0 Å². The Labute approximate surface area is 92.7 Å². The number of rotatable bonds is 1. The molecule has 0 unspecified atom stereocenters. The summed E-state index contributed by atoms with van der Waals surface area (Å²) in [6.45, 7) is 0. The Morgan fingerprint density at radius 3 is 2.50 bits per heavy atom. The molecule has 1 aromatic carbocycles. The van der Waals surface area contributed by atoms with E-state index >= 15 is 0 Å². The van der Waals surface area contributed by atoms with Crippen LogP contribution < -0.4 is 0 Å². The highest BCUT2D eigenvalue weighted by molar-refractivity contribution is 14.1. The van der Waals surface area contributed by atoms with E-state index in [1.165, 1.54) is 6.07 Å². The quantitative estimate of drug-likeness (QED) is 0.730. The van der Waals surface area contributed by atoms with Gasteiger partial charge in [0, 0.05) is 3.57 Å². The minimum Gasteiger partial charge on any atom is -0.198 e. The molecule has 0 spiro atoms. The van der Waals surface area contributed by atoms with Gasteiger partial charge in [0.1, 0.15) is 0 Å². The molecule has 0 aromatic heterocycles. The summed E-state index contributed by atoms with van der Waals surface area (Å²) < 4.78 is 37.8. The fourth-order valence-corrected chi connectivity index (χ4v) is 1.54. The summed E-state index contributed by atoms with van der Waals surface area (Å²) in [6, 6.07) is 5.66. The van der Waals surface area contributed by atoms with Gasteiger partial charge in [-0.15, -0.1) is 0 Å². The van der Waals surface area contributed by atoms with Crippen LogP contribution in [0.2, 0.25) is 0 Å². The SMILES string of the molecule is N#CCc1ccc(I)cc1C(F)(F)F. The summed E-state index contributed by atoms with van der Waals surface area (Å²) in [5, 5.41) is 8.36. The Hall–Kier alpha value is -0.770. The van der Waals surface area contributed by atoms with E-state index in [2.05, 4.69) is 0 Å². The highest BCUT2D eigenvalue weighted by Gasteiger charge is 2.33. The molecule has 0 aliphatic carbocycles. The first-order chi connectivity index (χ1) is 6.45. The van der Waals surface area contributed by atoms with Gasteiger partial charge in [-0.25, -0.2) is 0 Å². The molecular weight excluding hydrogens is 306 g/mol. The molecule has 0 bridgehead atoms. The molecule has 1 rings (SSSR count). The first-order valence-corrected chi connectivity index (χ1v) is 4.75. The van der Waals surface area contributed by atoms with Crippen LogP contribution in [0.3, 0.4) is 0 Å². The summed E-state index contributed by atoms with van der Waals surface area (Å²) in [4.78, 5) is 0. The monoisotopic (exact) mass is 311 g/mol. The lowest BCUT2D eigenvalue weighted by molar-refractivity contribution is -0.138. The third kappa shape index (κ3) is 2.61. The van der Waals surface area contributed by atoms with E-state index in [0.717, 1.165) is 6.07 Å². The Morgan fingerprint density at radius 1 is 1.36 bits per heavy atom. The van der Waals surface area contributed by atoms with Gasteiger partial charge in [0.05, 0.1) is 18.1 Å². The summed E-state index contributed by atoms with van der Waals surface area (Å²) >= 11 is 1.81. The van der Waals surface area contributed by atoms with Crippen LogP contribution in [0, 0.1) is 14.9 Å². The van der Waals surface area contributed by atoms with Crippen LogP contribution in [0.4, 0.5) is 13.2 Å². The molecule has 0 fully saturated rings. The molecule has 74 valence electrons. The van der Waals surface area contributed by atoms with Crippen LogP contribution in [0.25, 0.3) is 0 Å². The number of nitrogens with zero attached hydrogens (tertiary/aromatic N) is 1. The van der Waals surface area contributed by atoms with Gasteiger partial charge in [0.2, 0.25) is 0 Å². The molecule has 0 radical (unpaired) electrons. The van der Waals surface area contributed by atoms with E-state index in [1.807, 2.05) is 22.6 Å².